The standard InChI is InChI=1S/C14H12N2O5/c1-21-11-5-6-13(16(19)20)12(8-11)15-10-4-2-3-9(7-10)14(17)18/h2-8,15H,1H3,(H,17,18). The molecule has 21 heavy (non-hydrogen) atoms. The van der Waals surface area contributed by atoms with Gasteiger partial charge in [0.15, 0.2) is 0 Å². The highest BCUT2D eigenvalue weighted by molar-refractivity contribution is 5.89. The number of ether oxygens (including phenoxy) is 1. The van der Waals surface area contributed by atoms with Crippen molar-refractivity contribution in [1.82, 2.24) is 0 Å². The van der Waals surface area contributed by atoms with E-state index in [4.69, 9.17) is 9.84 Å². The van der Waals surface area contributed by atoms with Gasteiger partial charge in [0, 0.05) is 17.8 Å². The van der Waals surface area contributed by atoms with Crippen molar-refractivity contribution >= 4 is 23.0 Å². The first kappa shape index (κ1) is 14.3. The van der Waals surface area contributed by atoms with E-state index in [1.165, 1.54) is 37.4 Å². The minimum absolute atomic E-state index is 0.0885. The fraction of sp³-hybridized carbons (Fsp3) is 0.0714. The number of rotatable bonds is 5. The van der Waals surface area contributed by atoms with Crippen molar-refractivity contribution < 1.29 is 19.6 Å². The Hall–Kier alpha value is -3.09. The summed E-state index contributed by atoms with van der Waals surface area (Å²) >= 11 is 0. The summed E-state index contributed by atoms with van der Waals surface area (Å²) in [4.78, 5) is 21.4. The van der Waals surface area contributed by atoms with Gasteiger partial charge in [-0.15, -0.1) is 0 Å². The fourth-order valence-corrected chi connectivity index (χ4v) is 1.79. The number of carboxylic acid groups (broad SMARTS) is 1. The van der Waals surface area contributed by atoms with Gasteiger partial charge in [-0.05, 0) is 24.3 Å². The lowest BCUT2D eigenvalue weighted by molar-refractivity contribution is -0.383. The summed E-state index contributed by atoms with van der Waals surface area (Å²) in [5.74, 6) is -0.615. The number of nitro groups is 1. The van der Waals surface area contributed by atoms with E-state index in [0.29, 0.717) is 11.4 Å². The Morgan fingerprint density at radius 2 is 2.05 bits per heavy atom. The molecule has 108 valence electrons. The molecule has 0 radical (unpaired) electrons. The molecule has 0 bridgehead atoms. The molecular weight excluding hydrogens is 276 g/mol. The number of hydrogen-bond acceptors (Lipinski definition) is 5. The van der Waals surface area contributed by atoms with Gasteiger partial charge in [0.1, 0.15) is 11.4 Å². The van der Waals surface area contributed by atoms with E-state index in [1.807, 2.05) is 0 Å². The quantitative estimate of drug-likeness (QED) is 0.647. The first-order chi connectivity index (χ1) is 10.0. The second kappa shape index (κ2) is 5.91. The molecule has 2 rings (SSSR count). The summed E-state index contributed by atoms with van der Waals surface area (Å²) in [6.07, 6.45) is 0. The summed E-state index contributed by atoms with van der Waals surface area (Å²) < 4.78 is 5.03. The average Bonchev–Trinajstić information content (AvgIpc) is 2.47. The summed E-state index contributed by atoms with van der Waals surface area (Å²) in [5.41, 5.74) is 0.621. The Morgan fingerprint density at radius 1 is 1.29 bits per heavy atom. The maximum atomic E-state index is 11.0. The number of methoxy groups -OCH3 is 1. The minimum atomic E-state index is -1.07. The van der Waals surface area contributed by atoms with Crippen LogP contribution in [0.25, 0.3) is 0 Å². The second-order valence-corrected chi connectivity index (χ2v) is 4.15. The molecule has 0 aromatic heterocycles. The van der Waals surface area contributed by atoms with Gasteiger partial charge < -0.3 is 15.2 Å². The largest absolute Gasteiger partial charge is 0.497 e. The molecule has 0 heterocycles. The number of benzene rings is 2. The van der Waals surface area contributed by atoms with Crippen molar-refractivity contribution in [2.75, 3.05) is 12.4 Å². The zero-order chi connectivity index (χ0) is 15.4. The van der Waals surface area contributed by atoms with Crippen LogP contribution in [0.3, 0.4) is 0 Å². The van der Waals surface area contributed by atoms with E-state index in [0.717, 1.165) is 0 Å². The zero-order valence-electron chi connectivity index (χ0n) is 11.1. The van der Waals surface area contributed by atoms with Gasteiger partial charge in [-0.3, -0.25) is 10.1 Å². The topological polar surface area (TPSA) is 102 Å². The summed E-state index contributed by atoms with van der Waals surface area (Å²) in [6, 6.07) is 10.3. The van der Waals surface area contributed by atoms with Crippen molar-refractivity contribution in [2.24, 2.45) is 0 Å². The Kier molecular flexibility index (Phi) is 4.03. The molecule has 0 spiro atoms. The van der Waals surface area contributed by atoms with Crippen LogP contribution in [0, 0.1) is 10.1 Å². The van der Waals surface area contributed by atoms with Crippen LogP contribution < -0.4 is 10.1 Å². The van der Waals surface area contributed by atoms with Gasteiger partial charge in [-0.2, -0.15) is 0 Å². The predicted octanol–water partition coefficient (Wildman–Crippen LogP) is 3.05. The molecule has 0 aliphatic heterocycles. The number of carbonyl (C=O) groups is 1. The molecule has 0 atom stereocenters. The maximum absolute atomic E-state index is 11.0. The zero-order valence-corrected chi connectivity index (χ0v) is 11.1. The lowest BCUT2D eigenvalue weighted by Crippen LogP contribution is -2.00. The van der Waals surface area contributed by atoms with Crippen LogP contribution in [-0.4, -0.2) is 23.1 Å². The molecular formula is C14H12N2O5. The highest BCUT2D eigenvalue weighted by Crippen LogP contribution is 2.31. The molecule has 0 saturated heterocycles. The van der Waals surface area contributed by atoms with E-state index in [-0.39, 0.29) is 16.9 Å². The van der Waals surface area contributed by atoms with Crippen LogP contribution in [0.1, 0.15) is 10.4 Å². The van der Waals surface area contributed by atoms with E-state index in [1.54, 1.807) is 12.1 Å². The summed E-state index contributed by atoms with van der Waals surface area (Å²) in [7, 11) is 1.45. The van der Waals surface area contributed by atoms with Crippen LogP contribution >= 0.6 is 0 Å². The molecule has 7 heteroatoms. The number of nitro benzene ring substituents is 1. The predicted molar refractivity (Wildman–Crippen MR) is 76.3 cm³/mol. The Morgan fingerprint density at radius 3 is 2.67 bits per heavy atom. The van der Waals surface area contributed by atoms with Crippen molar-refractivity contribution in [3.8, 4) is 5.75 Å². The second-order valence-electron chi connectivity index (χ2n) is 4.15. The van der Waals surface area contributed by atoms with Crippen LogP contribution in [0.4, 0.5) is 17.1 Å². The number of nitrogens with one attached hydrogen (secondary N) is 1. The molecule has 2 aromatic carbocycles. The molecule has 0 aliphatic rings. The third kappa shape index (κ3) is 3.27. The van der Waals surface area contributed by atoms with E-state index < -0.39 is 10.9 Å². The number of aromatic carboxylic acids is 1. The smallest absolute Gasteiger partial charge is 0.335 e. The van der Waals surface area contributed by atoms with Crippen molar-refractivity contribution in [2.45, 2.75) is 0 Å². The molecule has 0 saturated carbocycles. The normalized spacial score (nSPS) is 9.95. The maximum Gasteiger partial charge on any atom is 0.335 e. The lowest BCUT2D eigenvalue weighted by atomic mass is 10.2. The average molecular weight is 288 g/mol. The molecule has 0 fully saturated rings. The first-order valence-corrected chi connectivity index (χ1v) is 5.94. The van der Waals surface area contributed by atoms with Crippen LogP contribution in [0.2, 0.25) is 0 Å². The van der Waals surface area contributed by atoms with Gasteiger partial charge in [0.25, 0.3) is 5.69 Å². The number of anilines is 2. The lowest BCUT2D eigenvalue weighted by Gasteiger charge is -2.09. The SMILES string of the molecule is COc1ccc([N+](=O)[O-])c(Nc2cccc(C(=O)O)c2)c1. The Labute approximate surface area is 119 Å². The minimum Gasteiger partial charge on any atom is -0.497 e. The van der Waals surface area contributed by atoms with E-state index in [2.05, 4.69) is 5.32 Å². The van der Waals surface area contributed by atoms with Gasteiger partial charge >= 0.3 is 5.97 Å². The van der Waals surface area contributed by atoms with Gasteiger partial charge in [0.2, 0.25) is 0 Å². The fourth-order valence-electron chi connectivity index (χ4n) is 1.79. The Balaban J connectivity index is 2.40. The molecule has 0 aliphatic carbocycles. The van der Waals surface area contributed by atoms with E-state index in [9.17, 15) is 14.9 Å². The molecule has 2 N–H and O–H groups in total. The van der Waals surface area contributed by atoms with Crippen LogP contribution in [0.15, 0.2) is 42.5 Å². The first-order valence-electron chi connectivity index (χ1n) is 5.94. The molecule has 0 unspecified atom stereocenters. The highest BCUT2D eigenvalue weighted by Gasteiger charge is 2.15. The number of nitrogens with zero attached hydrogens (tertiary/aromatic N) is 1. The van der Waals surface area contributed by atoms with Crippen molar-refractivity contribution in [3.63, 3.8) is 0 Å². The molecule has 0 amide bonds. The number of hydrogen-bond donors (Lipinski definition) is 2. The van der Waals surface area contributed by atoms with Crippen molar-refractivity contribution in [1.29, 1.82) is 0 Å². The van der Waals surface area contributed by atoms with Gasteiger partial charge in [-0.1, -0.05) is 6.07 Å². The summed E-state index contributed by atoms with van der Waals surface area (Å²) in [5, 5.41) is 22.8. The molecule has 7 nitrogen and oxygen atoms in total. The van der Waals surface area contributed by atoms with E-state index >= 15 is 0 Å². The van der Waals surface area contributed by atoms with Gasteiger partial charge in [-0.25, -0.2) is 4.79 Å². The van der Waals surface area contributed by atoms with Gasteiger partial charge in [0.05, 0.1) is 17.6 Å². The Bertz CT molecular complexity index is 700. The van der Waals surface area contributed by atoms with Crippen LogP contribution in [-0.2, 0) is 0 Å². The molecule has 2 aromatic rings. The third-order valence-electron chi connectivity index (χ3n) is 2.79. The summed E-state index contributed by atoms with van der Waals surface area (Å²) in [6.45, 7) is 0. The van der Waals surface area contributed by atoms with Crippen LogP contribution in [0.5, 0.6) is 5.75 Å². The number of carboxylic acids is 1. The van der Waals surface area contributed by atoms with Crippen molar-refractivity contribution in [3.05, 3.63) is 58.1 Å². The monoisotopic (exact) mass is 288 g/mol. The third-order valence-corrected chi connectivity index (χ3v) is 2.79. The highest BCUT2D eigenvalue weighted by atomic mass is 16.6.